The Morgan fingerprint density at radius 2 is 1.71 bits per heavy atom. The van der Waals surface area contributed by atoms with Gasteiger partial charge in [-0.25, -0.2) is 8.78 Å². The molecule has 21 heavy (non-hydrogen) atoms. The summed E-state index contributed by atoms with van der Waals surface area (Å²) in [6.07, 6.45) is 1.48. The van der Waals surface area contributed by atoms with Crippen molar-refractivity contribution < 1.29 is 8.78 Å². The van der Waals surface area contributed by atoms with Crippen molar-refractivity contribution in [2.24, 2.45) is 0 Å². The van der Waals surface area contributed by atoms with Crippen LogP contribution < -0.4 is 0 Å². The summed E-state index contributed by atoms with van der Waals surface area (Å²) in [6, 6.07) is 9.70. The normalized spacial score (nSPS) is 10.6. The standard InChI is InChI=1S/C7H4FIN2.C7H5FN2/c8-4-2-1-3-5-6(4)7(9)11-10-5;8-6-2-1-3-7-5(6)4-9-10-7/h1-3H,(H,10,11);1-4H,(H,9,10). The van der Waals surface area contributed by atoms with Crippen molar-refractivity contribution in [2.75, 3.05) is 0 Å². The Kier molecular flexibility index (Phi) is 3.82. The van der Waals surface area contributed by atoms with Crippen LogP contribution in [0.1, 0.15) is 0 Å². The average Bonchev–Trinajstić information content (AvgIpc) is 3.08. The molecule has 4 nitrogen and oxygen atoms in total. The lowest BCUT2D eigenvalue weighted by Gasteiger charge is -1.88. The fraction of sp³-hybridized carbons (Fsp3) is 0. The van der Waals surface area contributed by atoms with Crippen LogP contribution in [0.25, 0.3) is 21.8 Å². The zero-order valence-corrected chi connectivity index (χ0v) is 12.7. The molecule has 0 spiro atoms. The van der Waals surface area contributed by atoms with E-state index in [-0.39, 0.29) is 11.6 Å². The van der Waals surface area contributed by atoms with Gasteiger partial charge in [0.2, 0.25) is 0 Å². The number of rotatable bonds is 0. The molecule has 0 bridgehead atoms. The second-order valence-electron chi connectivity index (χ2n) is 4.24. The largest absolute Gasteiger partial charge is 0.278 e. The number of aromatic nitrogens is 4. The van der Waals surface area contributed by atoms with E-state index in [1.807, 2.05) is 22.6 Å². The number of nitrogens with zero attached hydrogens (tertiary/aromatic N) is 2. The molecule has 4 aromatic rings. The van der Waals surface area contributed by atoms with Crippen LogP contribution in [0.15, 0.2) is 42.6 Å². The Morgan fingerprint density at radius 1 is 0.952 bits per heavy atom. The van der Waals surface area contributed by atoms with E-state index in [0.29, 0.717) is 16.3 Å². The van der Waals surface area contributed by atoms with Crippen LogP contribution in [0, 0.1) is 15.3 Å². The number of nitrogens with one attached hydrogen (secondary N) is 2. The Hall–Kier alpha value is -2.03. The number of fused-ring (bicyclic) bond motifs is 2. The fourth-order valence-electron chi connectivity index (χ4n) is 1.92. The summed E-state index contributed by atoms with van der Waals surface area (Å²) in [5, 5.41) is 14.1. The lowest BCUT2D eigenvalue weighted by molar-refractivity contribution is 0.639. The highest BCUT2D eigenvalue weighted by atomic mass is 127. The molecule has 4 rings (SSSR count). The molecule has 106 valence electrons. The van der Waals surface area contributed by atoms with E-state index < -0.39 is 0 Å². The molecule has 0 aliphatic rings. The smallest absolute Gasteiger partial charge is 0.135 e. The quantitative estimate of drug-likeness (QED) is 0.440. The maximum Gasteiger partial charge on any atom is 0.135 e. The van der Waals surface area contributed by atoms with Crippen molar-refractivity contribution in [3.8, 4) is 0 Å². The van der Waals surface area contributed by atoms with Crippen LogP contribution in [-0.2, 0) is 0 Å². The molecule has 2 N–H and O–H groups in total. The van der Waals surface area contributed by atoms with Crippen molar-refractivity contribution in [2.45, 2.75) is 0 Å². The topological polar surface area (TPSA) is 57.4 Å². The molecule has 0 unspecified atom stereocenters. The molecule has 0 amide bonds. The first kappa shape index (κ1) is 13.9. The summed E-state index contributed by atoms with van der Waals surface area (Å²) >= 11 is 2.02. The lowest BCUT2D eigenvalue weighted by atomic mass is 10.2. The van der Waals surface area contributed by atoms with Crippen LogP contribution in [0.5, 0.6) is 0 Å². The maximum atomic E-state index is 13.0. The minimum absolute atomic E-state index is 0.222. The Bertz CT molecular complexity index is 900. The molecule has 2 aromatic carbocycles. The molecule has 2 heterocycles. The third-order valence-electron chi connectivity index (χ3n) is 2.92. The van der Waals surface area contributed by atoms with Gasteiger partial charge in [0.05, 0.1) is 28.0 Å². The second-order valence-corrected chi connectivity index (χ2v) is 5.32. The van der Waals surface area contributed by atoms with Gasteiger partial charge in [-0.2, -0.15) is 10.2 Å². The molecular weight excluding hydrogens is 389 g/mol. The first-order valence-corrected chi connectivity index (χ1v) is 7.10. The summed E-state index contributed by atoms with van der Waals surface area (Å²) in [7, 11) is 0. The first-order valence-electron chi connectivity index (χ1n) is 6.02. The number of H-pyrrole nitrogens is 2. The molecule has 2 aromatic heterocycles. The number of benzene rings is 2. The van der Waals surface area contributed by atoms with Crippen LogP contribution in [0.3, 0.4) is 0 Å². The highest BCUT2D eigenvalue weighted by Crippen LogP contribution is 2.20. The maximum absolute atomic E-state index is 13.0. The van der Waals surface area contributed by atoms with Gasteiger partial charge in [-0.3, -0.25) is 10.2 Å². The first-order chi connectivity index (χ1) is 10.2. The van der Waals surface area contributed by atoms with Crippen LogP contribution in [0.2, 0.25) is 0 Å². The summed E-state index contributed by atoms with van der Waals surface area (Å²) < 4.78 is 26.5. The van der Waals surface area contributed by atoms with E-state index in [9.17, 15) is 8.78 Å². The second kappa shape index (κ2) is 5.76. The van der Waals surface area contributed by atoms with Gasteiger partial charge in [0, 0.05) is 0 Å². The Labute approximate surface area is 131 Å². The Morgan fingerprint density at radius 3 is 2.48 bits per heavy atom. The van der Waals surface area contributed by atoms with Gasteiger partial charge in [0.1, 0.15) is 15.3 Å². The van der Waals surface area contributed by atoms with Gasteiger partial charge in [-0.15, -0.1) is 0 Å². The van der Waals surface area contributed by atoms with E-state index in [1.165, 1.54) is 18.3 Å². The van der Waals surface area contributed by atoms with Gasteiger partial charge < -0.3 is 0 Å². The third-order valence-corrected chi connectivity index (χ3v) is 3.70. The Balaban J connectivity index is 0.000000126. The predicted octanol–water partition coefficient (Wildman–Crippen LogP) is 4.01. The predicted molar refractivity (Wildman–Crippen MR) is 84.8 cm³/mol. The van der Waals surface area contributed by atoms with Crippen molar-refractivity contribution in [1.82, 2.24) is 20.4 Å². The minimum Gasteiger partial charge on any atom is -0.278 e. The zero-order valence-electron chi connectivity index (χ0n) is 10.6. The summed E-state index contributed by atoms with van der Waals surface area (Å²) in [5.74, 6) is -0.452. The SMILES string of the molecule is Fc1cccc2[nH]ncc12.Fc1cccc2n[nH]c(I)c12. The van der Waals surface area contributed by atoms with E-state index >= 15 is 0 Å². The van der Waals surface area contributed by atoms with Gasteiger partial charge in [-0.05, 0) is 46.9 Å². The lowest BCUT2D eigenvalue weighted by Crippen LogP contribution is -1.75. The summed E-state index contributed by atoms with van der Waals surface area (Å²) in [5.41, 5.74) is 1.41. The van der Waals surface area contributed by atoms with Crippen LogP contribution in [-0.4, -0.2) is 20.4 Å². The van der Waals surface area contributed by atoms with Crippen LogP contribution >= 0.6 is 22.6 Å². The van der Waals surface area contributed by atoms with E-state index in [2.05, 4.69) is 20.4 Å². The number of halogens is 3. The highest BCUT2D eigenvalue weighted by Gasteiger charge is 2.05. The minimum atomic E-state index is -0.230. The fourth-order valence-corrected chi connectivity index (χ4v) is 2.58. The zero-order chi connectivity index (χ0) is 14.8. The average molecular weight is 398 g/mol. The number of hydrogen-bond donors (Lipinski definition) is 2. The molecule has 0 aliphatic heterocycles. The molecule has 0 radical (unpaired) electrons. The van der Waals surface area contributed by atoms with Crippen molar-refractivity contribution >= 4 is 44.4 Å². The summed E-state index contributed by atoms with van der Waals surface area (Å²) in [4.78, 5) is 0. The van der Waals surface area contributed by atoms with Crippen molar-refractivity contribution in [3.63, 3.8) is 0 Å². The van der Waals surface area contributed by atoms with Gasteiger partial charge >= 0.3 is 0 Å². The highest BCUT2D eigenvalue weighted by molar-refractivity contribution is 14.1. The monoisotopic (exact) mass is 398 g/mol. The van der Waals surface area contributed by atoms with Crippen molar-refractivity contribution in [3.05, 3.63) is 57.9 Å². The molecular formula is C14H9F2IN4. The van der Waals surface area contributed by atoms with Crippen molar-refractivity contribution in [1.29, 1.82) is 0 Å². The van der Waals surface area contributed by atoms with Gasteiger partial charge in [0.25, 0.3) is 0 Å². The van der Waals surface area contributed by atoms with E-state index in [1.54, 1.807) is 24.3 Å². The third kappa shape index (κ3) is 2.73. The summed E-state index contributed by atoms with van der Waals surface area (Å²) in [6.45, 7) is 0. The number of hydrogen-bond acceptors (Lipinski definition) is 2. The molecule has 0 aliphatic carbocycles. The molecule has 0 saturated heterocycles. The molecule has 0 saturated carbocycles. The van der Waals surface area contributed by atoms with E-state index in [4.69, 9.17) is 0 Å². The molecule has 0 fully saturated rings. The van der Waals surface area contributed by atoms with Gasteiger partial charge in [0.15, 0.2) is 0 Å². The van der Waals surface area contributed by atoms with Crippen LogP contribution in [0.4, 0.5) is 8.78 Å². The number of aromatic amines is 2. The van der Waals surface area contributed by atoms with Gasteiger partial charge in [-0.1, -0.05) is 12.1 Å². The molecule has 7 heteroatoms. The van der Waals surface area contributed by atoms with E-state index in [0.717, 1.165) is 9.22 Å². The molecule has 0 atom stereocenters.